The Kier molecular flexibility index (Phi) is 6.02. The molecule has 1 aliphatic rings. The van der Waals surface area contributed by atoms with Crippen LogP contribution in [0.2, 0.25) is 0 Å². The molecule has 29 heavy (non-hydrogen) atoms. The predicted octanol–water partition coefficient (Wildman–Crippen LogP) is 2.58. The Morgan fingerprint density at radius 1 is 0.966 bits per heavy atom. The van der Waals surface area contributed by atoms with E-state index in [4.69, 9.17) is 4.98 Å². The van der Waals surface area contributed by atoms with Crippen LogP contribution < -0.4 is 10.6 Å². The van der Waals surface area contributed by atoms with Gasteiger partial charge < -0.3 is 15.5 Å². The summed E-state index contributed by atoms with van der Waals surface area (Å²) >= 11 is 0. The number of piperazine rings is 1. The zero-order valence-electron chi connectivity index (χ0n) is 17.0. The fourth-order valence-corrected chi connectivity index (χ4v) is 3.35. The Labute approximate surface area is 171 Å². The highest BCUT2D eigenvalue weighted by molar-refractivity contribution is 5.63. The third-order valence-corrected chi connectivity index (χ3v) is 5.05. The molecule has 0 radical (unpaired) electrons. The third kappa shape index (κ3) is 5.30. The van der Waals surface area contributed by atoms with Crippen LogP contribution in [0.25, 0.3) is 11.4 Å². The summed E-state index contributed by atoms with van der Waals surface area (Å²) in [7, 11) is 2.18. The predicted molar refractivity (Wildman–Crippen MR) is 117 cm³/mol. The van der Waals surface area contributed by atoms with Crippen LogP contribution in [0.5, 0.6) is 0 Å². The van der Waals surface area contributed by atoms with Crippen molar-refractivity contribution in [3.05, 3.63) is 48.2 Å². The normalized spacial score (nSPS) is 15.4. The van der Waals surface area contributed by atoms with Gasteiger partial charge in [-0.05, 0) is 14.0 Å². The Bertz CT molecular complexity index is 915. The summed E-state index contributed by atoms with van der Waals surface area (Å²) in [5.74, 6) is 2.95. The SMILES string of the molecule is Cc1cc(Nc2cc(NCCN3CCN(C)CC3)nc(-c3ccccc3)n2)n[nH]1. The average Bonchev–Trinajstić information content (AvgIpc) is 3.14. The number of aromatic amines is 1. The first kappa shape index (κ1) is 19.4. The zero-order valence-corrected chi connectivity index (χ0v) is 17.0. The number of aromatic nitrogens is 4. The van der Waals surface area contributed by atoms with Gasteiger partial charge in [-0.25, -0.2) is 9.97 Å². The van der Waals surface area contributed by atoms with E-state index in [1.807, 2.05) is 49.4 Å². The lowest BCUT2D eigenvalue weighted by atomic mass is 10.2. The number of likely N-dealkylation sites (N-methyl/N-ethyl adjacent to an activating group) is 1. The number of benzene rings is 1. The summed E-state index contributed by atoms with van der Waals surface area (Å²) in [5.41, 5.74) is 1.98. The topological polar surface area (TPSA) is 85.0 Å². The monoisotopic (exact) mass is 392 g/mol. The highest BCUT2D eigenvalue weighted by Crippen LogP contribution is 2.22. The lowest BCUT2D eigenvalue weighted by Gasteiger charge is -2.32. The molecule has 0 spiro atoms. The first-order valence-electron chi connectivity index (χ1n) is 10.0. The molecule has 0 atom stereocenters. The Morgan fingerprint density at radius 3 is 2.45 bits per heavy atom. The average molecular weight is 393 g/mol. The maximum Gasteiger partial charge on any atom is 0.163 e. The first-order valence-corrected chi connectivity index (χ1v) is 10.0. The number of H-pyrrole nitrogens is 1. The second-order valence-corrected chi connectivity index (χ2v) is 7.46. The second-order valence-electron chi connectivity index (χ2n) is 7.46. The quantitative estimate of drug-likeness (QED) is 0.570. The first-order chi connectivity index (χ1) is 14.2. The summed E-state index contributed by atoms with van der Waals surface area (Å²) in [6, 6.07) is 13.9. The number of nitrogens with one attached hydrogen (secondary N) is 3. The molecule has 1 saturated heterocycles. The van der Waals surface area contributed by atoms with Gasteiger partial charge in [0.15, 0.2) is 11.6 Å². The van der Waals surface area contributed by atoms with E-state index in [1.54, 1.807) is 0 Å². The van der Waals surface area contributed by atoms with Gasteiger partial charge in [0.1, 0.15) is 11.6 Å². The summed E-state index contributed by atoms with van der Waals surface area (Å²) in [5, 5.41) is 13.9. The standard InChI is InChI=1S/C21H28N8/c1-16-14-20(27-26-16)23-19-15-18(22-8-9-29-12-10-28(2)11-13-29)24-21(25-19)17-6-4-3-5-7-17/h3-7,14-15H,8-13H2,1-2H3,(H3,22,23,24,25,26,27). The molecule has 4 rings (SSSR count). The highest BCUT2D eigenvalue weighted by Gasteiger charge is 2.13. The van der Waals surface area contributed by atoms with E-state index in [1.165, 1.54) is 0 Å². The molecule has 2 aromatic heterocycles. The Hall–Kier alpha value is -2.97. The lowest BCUT2D eigenvalue weighted by molar-refractivity contribution is 0.158. The van der Waals surface area contributed by atoms with Crippen molar-refractivity contribution < 1.29 is 0 Å². The second kappa shape index (κ2) is 9.02. The molecule has 152 valence electrons. The van der Waals surface area contributed by atoms with Gasteiger partial charge in [-0.1, -0.05) is 30.3 Å². The van der Waals surface area contributed by atoms with Gasteiger partial charge in [-0.2, -0.15) is 5.10 Å². The van der Waals surface area contributed by atoms with Gasteiger partial charge in [0, 0.05) is 62.7 Å². The summed E-state index contributed by atoms with van der Waals surface area (Å²) in [6.45, 7) is 8.30. The molecule has 3 N–H and O–H groups in total. The number of aryl methyl sites for hydroxylation is 1. The minimum atomic E-state index is 0.685. The zero-order chi connectivity index (χ0) is 20.1. The van der Waals surface area contributed by atoms with Crippen LogP contribution in [0.15, 0.2) is 42.5 Å². The van der Waals surface area contributed by atoms with Crippen LogP contribution in [0.1, 0.15) is 5.69 Å². The van der Waals surface area contributed by atoms with Gasteiger partial charge in [-0.15, -0.1) is 0 Å². The van der Waals surface area contributed by atoms with Crippen LogP contribution in [0.3, 0.4) is 0 Å². The van der Waals surface area contributed by atoms with Crippen molar-refractivity contribution in [2.24, 2.45) is 0 Å². The van der Waals surface area contributed by atoms with E-state index in [-0.39, 0.29) is 0 Å². The molecule has 3 aromatic rings. The maximum absolute atomic E-state index is 4.73. The van der Waals surface area contributed by atoms with Crippen LogP contribution in [0.4, 0.5) is 17.5 Å². The molecule has 0 aliphatic carbocycles. The van der Waals surface area contributed by atoms with Gasteiger partial charge >= 0.3 is 0 Å². The van der Waals surface area contributed by atoms with Crippen LogP contribution in [-0.4, -0.2) is 76.3 Å². The van der Waals surface area contributed by atoms with Crippen molar-refractivity contribution in [3.63, 3.8) is 0 Å². The number of rotatable bonds is 7. The molecule has 0 bridgehead atoms. The van der Waals surface area contributed by atoms with E-state index in [9.17, 15) is 0 Å². The van der Waals surface area contributed by atoms with Crippen molar-refractivity contribution >= 4 is 17.5 Å². The minimum absolute atomic E-state index is 0.685. The molecule has 0 saturated carbocycles. The molecule has 0 unspecified atom stereocenters. The fraction of sp³-hybridized carbons (Fsp3) is 0.381. The molecular formula is C21H28N8. The minimum Gasteiger partial charge on any atom is -0.369 e. The number of hydrogen-bond donors (Lipinski definition) is 3. The van der Waals surface area contributed by atoms with E-state index < -0.39 is 0 Å². The largest absolute Gasteiger partial charge is 0.369 e. The molecule has 1 fully saturated rings. The maximum atomic E-state index is 4.73. The van der Waals surface area contributed by atoms with Crippen molar-refractivity contribution in [1.29, 1.82) is 0 Å². The van der Waals surface area contributed by atoms with Gasteiger partial charge in [0.25, 0.3) is 0 Å². The third-order valence-electron chi connectivity index (χ3n) is 5.05. The Morgan fingerprint density at radius 2 is 1.72 bits per heavy atom. The van der Waals surface area contributed by atoms with E-state index >= 15 is 0 Å². The van der Waals surface area contributed by atoms with E-state index in [0.29, 0.717) is 11.6 Å². The van der Waals surface area contributed by atoms with Gasteiger partial charge in [0.05, 0.1) is 0 Å². The summed E-state index contributed by atoms with van der Waals surface area (Å²) in [4.78, 5) is 14.3. The highest BCUT2D eigenvalue weighted by atomic mass is 15.3. The van der Waals surface area contributed by atoms with Crippen molar-refractivity contribution in [2.75, 3.05) is 56.9 Å². The summed E-state index contributed by atoms with van der Waals surface area (Å²) in [6.07, 6.45) is 0. The molecular weight excluding hydrogens is 364 g/mol. The molecule has 8 heteroatoms. The Balaban J connectivity index is 1.48. The van der Waals surface area contributed by atoms with Crippen LogP contribution in [-0.2, 0) is 0 Å². The number of hydrogen-bond acceptors (Lipinski definition) is 7. The molecule has 1 aliphatic heterocycles. The summed E-state index contributed by atoms with van der Waals surface area (Å²) < 4.78 is 0. The molecule has 8 nitrogen and oxygen atoms in total. The van der Waals surface area contributed by atoms with Crippen molar-refractivity contribution in [1.82, 2.24) is 30.0 Å². The van der Waals surface area contributed by atoms with Crippen molar-refractivity contribution in [2.45, 2.75) is 6.92 Å². The van der Waals surface area contributed by atoms with Crippen LogP contribution >= 0.6 is 0 Å². The number of nitrogens with zero attached hydrogens (tertiary/aromatic N) is 5. The van der Waals surface area contributed by atoms with E-state index in [0.717, 1.165) is 62.2 Å². The lowest BCUT2D eigenvalue weighted by Crippen LogP contribution is -2.45. The van der Waals surface area contributed by atoms with Crippen molar-refractivity contribution in [3.8, 4) is 11.4 Å². The number of anilines is 3. The smallest absolute Gasteiger partial charge is 0.163 e. The molecule has 1 aromatic carbocycles. The molecule has 3 heterocycles. The van der Waals surface area contributed by atoms with Gasteiger partial charge in [-0.3, -0.25) is 10.00 Å². The van der Waals surface area contributed by atoms with Gasteiger partial charge in [0.2, 0.25) is 0 Å². The fourth-order valence-electron chi connectivity index (χ4n) is 3.35. The van der Waals surface area contributed by atoms with E-state index in [2.05, 4.69) is 42.7 Å². The van der Waals surface area contributed by atoms with Crippen LogP contribution in [0, 0.1) is 6.92 Å². The molecule has 0 amide bonds.